The number of amides is 1. The smallest absolute Gasteiger partial charge is 0.307 e. The molecule has 24 heavy (non-hydrogen) atoms. The molecule has 0 saturated heterocycles. The molecule has 3 rings (SSSR count). The Morgan fingerprint density at radius 1 is 1.33 bits per heavy atom. The van der Waals surface area contributed by atoms with Crippen molar-refractivity contribution in [3.8, 4) is 11.4 Å². The summed E-state index contributed by atoms with van der Waals surface area (Å²) in [5, 5.41) is 16.2. The Morgan fingerprint density at radius 3 is 2.79 bits per heavy atom. The maximum Gasteiger partial charge on any atom is 0.307 e. The highest BCUT2D eigenvalue weighted by Gasteiger charge is 2.41. The number of carbonyl (C=O) groups excluding carboxylic acids is 1. The van der Waals surface area contributed by atoms with Gasteiger partial charge >= 0.3 is 5.97 Å². The first-order valence-electron chi connectivity index (χ1n) is 7.63. The summed E-state index contributed by atoms with van der Waals surface area (Å²) in [6.07, 6.45) is 1.55. The molecule has 2 atom stereocenters. The van der Waals surface area contributed by atoms with Crippen LogP contribution in [0.2, 0.25) is 5.02 Å². The fraction of sp³-hybridized carbons (Fsp3) is 0.375. The zero-order valence-electron chi connectivity index (χ0n) is 12.7. The van der Waals surface area contributed by atoms with Crippen molar-refractivity contribution in [3.05, 3.63) is 35.2 Å². The molecule has 1 aliphatic carbocycles. The van der Waals surface area contributed by atoms with Gasteiger partial charge in [0.15, 0.2) is 0 Å². The number of hydrogen-bond donors (Lipinski definition) is 2. The van der Waals surface area contributed by atoms with Crippen LogP contribution >= 0.6 is 11.6 Å². The van der Waals surface area contributed by atoms with Gasteiger partial charge in [-0.3, -0.25) is 9.59 Å². The second-order valence-corrected chi connectivity index (χ2v) is 6.13. The van der Waals surface area contributed by atoms with E-state index in [1.807, 2.05) is 6.07 Å². The van der Waals surface area contributed by atoms with Gasteiger partial charge in [0.25, 0.3) is 0 Å². The lowest BCUT2D eigenvalue weighted by molar-refractivity contribution is -0.152. The van der Waals surface area contributed by atoms with Crippen molar-refractivity contribution in [2.75, 3.05) is 6.54 Å². The molecule has 1 aliphatic rings. The van der Waals surface area contributed by atoms with Crippen molar-refractivity contribution in [2.24, 2.45) is 11.8 Å². The topological polar surface area (TPSA) is 105 Å². The van der Waals surface area contributed by atoms with E-state index in [0.717, 1.165) is 5.56 Å². The molecular weight excluding hydrogens is 334 g/mol. The number of carboxylic acid groups (broad SMARTS) is 1. The molecule has 1 aromatic carbocycles. The molecule has 0 bridgehead atoms. The van der Waals surface area contributed by atoms with Crippen LogP contribution in [0, 0.1) is 11.8 Å². The lowest BCUT2D eigenvalue weighted by Crippen LogP contribution is -2.44. The normalized spacial score (nSPS) is 19.5. The highest BCUT2D eigenvalue weighted by atomic mass is 35.5. The van der Waals surface area contributed by atoms with E-state index in [4.69, 9.17) is 21.2 Å². The van der Waals surface area contributed by atoms with Crippen LogP contribution in [0.4, 0.5) is 0 Å². The molecule has 8 heteroatoms. The summed E-state index contributed by atoms with van der Waals surface area (Å²) < 4.78 is 5.15. The van der Waals surface area contributed by atoms with Crippen LogP contribution in [-0.2, 0) is 16.0 Å². The number of carbonyl (C=O) groups is 2. The fourth-order valence-corrected chi connectivity index (χ4v) is 2.82. The highest BCUT2D eigenvalue weighted by molar-refractivity contribution is 6.30. The quantitative estimate of drug-likeness (QED) is 0.827. The first kappa shape index (κ1) is 16.4. The van der Waals surface area contributed by atoms with Crippen molar-refractivity contribution >= 4 is 23.5 Å². The Morgan fingerprint density at radius 2 is 2.12 bits per heavy atom. The summed E-state index contributed by atoms with van der Waals surface area (Å²) >= 11 is 5.93. The Balaban J connectivity index is 1.51. The van der Waals surface area contributed by atoms with Crippen LogP contribution in [0.1, 0.15) is 18.7 Å². The molecule has 1 saturated carbocycles. The summed E-state index contributed by atoms with van der Waals surface area (Å²) in [6.45, 7) is 0.318. The van der Waals surface area contributed by atoms with Crippen LogP contribution in [0.25, 0.3) is 11.4 Å². The Labute approximate surface area is 143 Å². The molecule has 1 heterocycles. The first-order chi connectivity index (χ1) is 11.5. The van der Waals surface area contributed by atoms with Crippen molar-refractivity contribution in [3.63, 3.8) is 0 Å². The van der Waals surface area contributed by atoms with E-state index in [0.29, 0.717) is 42.5 Å². The van der Waals surface area contributed by atoms with Gasteiger partial charge in [-0.1, -0.05) is 28.9 Å². The molecule has 2 aromatic rings. The number of carboxylic acids is 1. The predicted octanol–water partition coefficient (Wildman–Crippen LogP) is 2.16. The highest BCUT2D eigenvalue weighted by Crippen LogP contribution is 2.34. The Kier molecular flexibility index (Phi) is 4.80. The number of halogens is 1. The van der Waals surface area contributed by atoms with Crippen LogP contribution in [-0.4, -0.2) is 33.7 Å². The zero-order valence-corrected chi connectivity index (χ0v) is 13.5. The lowest BCUT2D eigenvalue weighted by Gasteiger charge is -2.31. The van der Waals surface area contributed by atoms with Crippen molar-refractivity contribution < 1.29 is 19.2 Å². The van der Waals surface area contributed by atoms with E-state index in [2.05, 4.69) is 15.5 Å². The van der Waals surface area contributed by atoms with Gasteiger partial charge < -0.3 is 14.9 Å². The largest absolute Gasteiger partial charge is 0.481 e. The first-order valence-corrected chi connectivity index (χ1v) is 8.01. The fourth-order valence-electron chi connectivity index (χ4n) is 2.63. The number of hydrogen-bond acceptors (Lipinski definition) is 5. The standard InChI is InChI=1S/C16H16ClN3O4/c17-10-3-1-2-9(8-10)14-19-13(24-20-14)6-7-18-15(21)11-4-5-12(11)16(22)23/h1-3,8,11-12H,4-7H2,(H,18,21)(H,22,23). The van der Waals surface area contributed by atoms with Crippen molar-refractivity contribution in [1.29, 1.82) is 0 Å². The summed E-state index contributed by atoms with van der Waals surface area (Å²) in [6, 6.07) is 7.11. The summed E-state index contributed by atoms with van der Waals surface area (Å²) in [4.78, 5) is 27.1. The SMILES string of the molecule is O=C(O)C1CCC1C(=O)NCCc1nc(-c2cccc(Cl)c2)no1. The number of aromatic nitrogens is 2. The molecule has 1 amide bonds. The Bertz CT molecular complexity index is 761. The minimum atomic E-state index is -0.913. The van der Waals surface area contributed by atoms with Crippen LogP contribution < -0.4 is 5.32 Å². The number of aliphatic carboxylic acids is 1. The summed E-state index contributed by atoms with van der Waals surface area (Å²) in [5.74, 6) is -1.32. The molecule has 0 spiro atoms. The van der Waals surface area contributed by atoms with Gasteiger partial charge in [0, 0.05) is 23.6 Å². The second-order valence-electron chi connectivity index (χ2n) is 5.69. The van der Waals surface area contributed by atoms with Gasteiger partial charge in [0.2, 0.25) is 17.6 Å². The number of benzene rings is 1. The van der Waals surface area contributed by atoms with Gasteiger partial charge in [0.1, 0.15) is 0 Å². The third kappa shape index (κ3) is 3.56. The van der Waals surface area contributed by atoms with Gasteiger partial charge in [-0.15, -0.1) is 0 Å². The van der Waals surface area contributed by atoms with Gasteiger partial charge in [-0.25, -0.2) is 0 Å². The van der Waals surface area contributed by atoms with E-state index >= 15 is 0 Å². The molecule has 0 radical (unpaired) electrons. The molecule has 1 aromatic heterocycles. The molecule has 7 nitrogen and oxygen atoms in total. The van der Waals surface area contributed by atoms with Gasteiger partial charge in [-0.05, 0) is 25.0 Å². The monoisotopic (exact) mass is 349 g/mol. The molecule has 0 aliphatic heterocycles. The third-order valence-corrected chi connectivity index (χ3v) is 4.35. The number of rotatable bonds is 6. The average Bonchev–Trinajstić information content (AvgIpc) is 2.94. The van der Waals surface area contributed by atoms with Gasteiger partial charge in [-0.2, -0.15) is 4.98 Å². The molecule has 2 unspecified atom stereocenters. The van der Waals surface area contributed by atoms with Crippen molar-refractivity contribution in [1.82, 2.24) is 15.5 Å². The molecular formula is C16H16ClN3O4. The summed E-state index contributed by atoms with van der Waals surface area (Å²) in [7, 11) is 0. The van der Waals surface area contributed by atoms with E-state index < -0.39 is 17.8 Å². The van der Waals surface area contributed by atoms with Crippen LogP contribution in [0.5, 0.6) is 0 Å². The van der Waals surface area contributed by atoms with Gasteiger partial charge in [0.05, 0.1) is 11.8 Å². The number of nitrogens with zero attached hydrogens (tertiary/aromatic N) is 2. The maximum atomic E-state index is 11.9. The minimum Gasteiger partial charge on any atom is -0.481 e. The number of nitrogens with one attached hydrogen (secondary N) is 1. The zero-order chi connectivity index (χ0) is 17.1. The van der Waals surface area contributed by atoms with Crippen molar-refractivity contribution in [2.45, 2.75) is 19.3 Å². The van der Waals surface area contributed by atoms with E-state index in [9.17, 15) is 9.59 Å². The van der Waals surface area contributed by atoms with E-state index in [1.165, 1.54) is 0 Å². The second kappa shape index (κ2) is 7.00. The summed E-state index contributed by atoms with van der Waals surface area (Å²) in [5.41, 5.74) is 0.750. The maximum absolute atomic E-state index is 11.9. The predicted molar refractivity (Wildman–Crippen MR) is 85.3 cm³/mol. The average molecular weight is 350 g/mol. The minimum absolute atomic E-state index is 0.233. The third-order valence-electron chi connectivity index (χ3n) is 4.12. The van der Waals surface area contributed by atoms with E-state index in [1.54, 1.807) is 18.2 Å². The lowest BCUT2D eigenvalue weighted by atomic mass is 9.73. The van der Waals surface area contributed by atoms with Crippen LogP contribution in [0.15, 0.2) is 28.8 Å². The molecule has 126 valence electrons. The molecule has 1 fully saturated rings. The Hall–Kier alpha value is -2.41. The molecule has 2 N–H and O–H groups in total. The van der Waals surface area contributed by atoms with Crippen LogP contribution in [0.3, 0.4) is 0 Å². The van der Waals surface area contributed by atoms with E-state index in [-0.39, 0.29) is 5.91 Å².